The van der Waals surface area contributed by atoms with Gasteiger partial charge in [-0.3, -0.25) is 4.90 Å². The molecule has 1 fully saturated rings. The van der Waals surface area contributed by atoms with Gasteiger partial charge >= 0.3 is 0 Å². The van der Waals surface area contributed by atoms with Crippen LogP contribution in [0.4, 0.5) is 0 Å². The number of nitrogens with two attached hydrogens (primary N) is 1. The maximum atomic E-state index is 6.00. The fraction of sp³-hybridized carbons (Fsp3) is 0.600. The maximum Gasteiger partial charge on any atom is 0.0553 e. The SMILES string of the molecule is CC(C)C1=CC=CC(C)(N2CCC(N)C2)C=C1. The summed E-state index contributed by atoms with van der Waals surface area (Å²) in [6.45, 7) is 8.84. The Labute approximate surface area is 105 Å². The van der Waals surface area contributed by atoms with E-state index in [2.05, 4.69) is 56.1 Å². The van der Waals surface area contributed by atoms with Gasteiger partial charge in [-0.05, 0) is 24.8 Å². The third-order valence-corrected chi connectivity index (χ3v) is 3.91. The zero-order valence-electron chi connectivity index (χ0n) is 11.2. The Morgan fingerprint density at radius 3 is 2.76 bits per heavy atom. The van der Waals surface area contributed by atoms with Gasteiger partial charge in [-0.15, -0.1) is 0 Å². The van der Waals surface area contributed by atoms with Crippen molar-refractivity contribution < 1.29 is 0 Å². The monoisotopic (exact) mass is 232 g/mol. The van der Waals surface area contributed by atoms with Crippen LogP contribution in [0.5, 0.6) is 0 Å². The Balaban J connectivity index is 2.16. The third kappa shape index (κ3) is 2.70. The highest BCUT2D eigenvalue weighted by atomic mass is 15.2. The van der Waals surface area contributed by atoms with Crippen molar-refractivity contribution in [3.05, 3.63) is 36.0 Å². The highest BCUT2D eigenvalue weighted by Crippen LogP contribution is 2.27. The molecule has 2 aliphatic rings. The molecule has 1 saturated heterocycles. The van der Waals surface area contributed by atoms with Gasteiger partial charge in [0.15, 0.2) is 0 Å². The Kier molecular flexibility index (Phi) is 3.55. The average Bonchev–Trinajstić information content (AvgIpc) is 2.59. The van der Waals surface area contributed by atoms with Crippen LogP contribution in [0.15, 0.2) is 36.0 Å². The summed E-state index contributed by atoms with van der Waals surface area (Å²) >= 11 is 0. The third-order valence-electron chi connectivity index (χ3n) is 3.91. The molecule has 2 N–H and O–H groups in total. The lowest BCUT2D eigenvalue weighted by atomic mass is 9.98. The van der Waals surface area contributed by atoms with Crippen molar-refractivity contribution >= 4 is 0 Å². The molecule has 1 heterocycles. The highest BCUT2D eigenvalue weighted by Gasteiger charge is 2.32. The van der Waals surface area contributed by atoms with Crippen LogP contribution in [0.25, 0.3) is 0 Å². The van der Waals surface area contributed by atoms with Crippen molar-refractivity contribution in [2.45, 2.75) is 38.8 Å². The van der Waals surface area contributed by atoms with Gasteiger partial charge in [0.2, 0.25) is 0 Å². The Morgan fingerprint density at radius 2 is 2.18 bits per heavy atom. The second kappa shape index (κ2) is 4.79. The van der Waals surface area contributed by atoms with E-state index in [1.54, 1.807) is 0 Å². The summed E-state index contributed by atoms with van der Waals surface area (Å²) < 4.78 is 0. The van der Waals surface area contributed by atoms with E-state index >= 15 is 0 Å². The van der Waals surface area contributed by atoms with Gasteiger partial charge < -0.3 is 5.73 Å². The Hall–Kier alpha value is -0.860. The minimum atomic E-state index is 0.0290. The average molecular weight is 232 g/mol. The van der Waals surface area contributed by atoms with E-state index in [-0.39, 0.29) is 5.54 Å². The predicted molar refractivity (Wildman–Crippen MR) is 73.8 cm³/mol. The Morgan fingerprint density at radius 1 is 1.41 bits per heavy atom. The van der Waals surface area contributed by atoms with E-state index in [9.17, 15) is 0 Å². The van der Waals surface area contributed by atoms with Crippen LogP contribution in [-0.4, -0.2) is 29.6 Å². The van der Waals surface area contributed by atoms with Crippen molar-refractivity contribution in [1.29, 1.82) is 0 Å². The normalized spacial score (nSPS) is 34.2. The first kappa shape index (κ1) is 12.6. The van der Waals surface area contributed by atoms with E-state index in [1.165, 1.54) is 5.57 Å². The van der Waals surface area contributed by atoms with Gasteiger partial charge in [-0.25, -0.2) is 0 Å². The summed E-state index contributed by atoms with van der Waals surface area (Å²) in [4.78, 5) is 2.47. The van der Waals surface area contributed by atoms with Crippen LogP contribution >= 0.6 is 0 Å². The largest absolute Gasteiger partial charge is 0.326 e. The van der Waals surface area contributed by atoms with E-state index in [4.69, 9.17) is 5.73 Å². The molecule has 2 atom stereocenters. The van der Waals surface area contributed by atoms with Crippen molar-refractivity contribution in [3.63, 3.8) is 0 Å². The first-order chi connectivity index (χ1) is 8.01. The fourth-order valence-corrected chi connectivity index (χ4v) is 2.55. The zero-order chi connectivity index (χ0) is 12.5. The molecule has 1 aliphatic heterocycles. The van der Waals surface area contributed by atoms with Gasteiger partial charge in [-0.1, -0.05) is 44.2 Å². The molecule has 0 spiro atoms. The van der Waals surface area contributed by atoms with Crippen molar-refractivity contribution in [3.8, 4) is 0 Å². The molecule has 0 aromatic rings. The van der Waals surface area contributed by atoms with Gasteiger partial charge in [-0.2, -0.15) is 0 Å². The lowest BCUT2D eigenvalue weighted by Gasteiger charge is -2.33. The van der Waals surface area contributed by atoms with Crippen LogP contribution in [0.1, 0.15) is 27.2 Å². The van der Waals surface area contributed by atoms with Gasteiger partial charge in [0, 0.05) is 19.1 Å². The lowest BCUT2D eigenvalue weighted by Crippen LogP contribution is -2.43. The van der Waals surface area contributed by atoms with Crippen LogP contribution in [0, 0.1) is 5.92 Å². The summed E-state index contributed by atoms with van der Waals surface area (Å²) in [5.74, 6) is 0.582. The summed E-state index contributed by atoms with van der Waals surface area (Å²) in [6, 6.07) is 0.342. The van der Waals surface area contributed by atoms with Crippen molar-refractivity contribution in [1.82, 2.24) is 4.90 Å². The van der Waals surface area contributed by atoms with Crippen molar-refractivity contribution in [2.24, 2.45) is 11.7 Å². The van der Waals surface area contributed by atoms with E-state index in [1.807, 2.05) is 0 Å². The molecule has 2 rings (SSSR count). The molecule has 2 nitrogen and oxygen atoms in total. The number of rotatable bonds is 2. The van der Waals surface area contributed by atoms with Crippen LogP contribution < -0.4 is 5.73 Å². The molecular weight excluding hydrogens is 208 g/mol. The Bertz CT molecular complexity index is 365. The molecule has 0 saturated carbocycles. The summed E-state index contributed by atoms with van der Waals surface area (Å²) in [7, 11) is 0. The minimum absolute atomic E-state index is 0.0290. The topological polar surface area (TPSA) is 29.3 Å². The lowest BCUT2D eigenvalue weighted by molar-refractivity contribution is 0.229. The van der Waals surface area contributed by atoms with Crippen LogP contribution in [0.2, 0.25) is 0 Å². The van der Waals surface area contributed by atoms with E-state index < -0.39 is 0 Å². The molecule has 0 aromatic heterocycles. The number of hydrogen-bond acceptors (Lipinski definition) is 2. The fourth-order valence-electron chi connectivity index (χ4n) is 2.55. The van der Waals surface area contributed by atoms with Crippen molar-refractivity contribution in [2.75, 3.05) is 13.1 Å². The van der Waals surface area contributed by atoms with Crippen LogP contribution in [0.3, 0.4) is 0 Å². The maximum absolute atomic E-state index is 6.00. The smallest absolute Gasteiger partial charge is 0.0553 e. The highest BCUT2D eigenvalue weighted by molar-refractivity contribution is 5.35. The zero-order valence-corrected chi connectivity index (χ0v) is 11.2. The summed E-state index contributed by atoms with van der Waals surface area (Å²) in [5, 5.41) is 0. The molecule has 0 bridgehead atoms. The molecule has 17 heavy (non-hydrogen) atoms. The molecular formula is C15H24N2. The van der Waals surface area contributed by atoms with Gasteiger partial charge in [0.05, 0.1) is 5.54 Å². The standard InChI is InChI=1S/C15H24N2/c1-12(2)13-5-4-8-15(3,9-6-13)17-10-7-14(16)11-17/h4-6,8-9,12,14H,7,10-11,16H2,1-3H3. The summed E-state index contributed by atoms with van der Waals surface area (Å²) in [6.07, 6.45) is 12.4. The second-order valence-corrected chi connectivity index (χ2v) is 5.73. The predicted octanol–water partition coefficient (Wildman–Crippen LogP) is 2.49. The number of hydrogen-bond donors (Lipinski definition) is 1. The molecule has 94 valence electrons. The molecule has 2 unspecified atom stereocenters. The molecule has 0 aromatic carbocycles. The van der Waals surface area contributed by atoms with Gasteiger partial charge in [0.1, 0.15) is 0 Å². The van der Waals surface area contributed by atoms with Gasteiger partial charge in [0.25, 0.3) is 0 Å². The van der Waals surface area contributed by atoms with E-state index in [0.29, 0.717) is 12.0 Å². The van der Waals surface area contributed by atoms with E-state index in [0.717, 1.165) is 19.5 Å². The minimum Gasteiger partial charge on any atom is -0.326 e. The molecule has 0 amide bonds. The first-order valence-electron chi connectivity index (χ1n) is 6.60. The molecule has 0 radical (unpaired) electrons. The summed E-state index contributed by atoms with van der Waals surface area (Å²) in [5.41, 5.74) is 7.43. The quantitative estimate of drug-likeness (QED) is 0.792. The van der Waals surface area contributed by atoms with Crippen LogP contribution in [-0.2, 0) is 0 Å². The number of likely N-dealkylation sites (tertiary alicyclic amines) is 1. The second-order valence-electron chi connectivity index (χ2n) is 5.73. The molecule has 1 aliphatic carbocycles. The first-order valence-corrected chi connectivity index (χ1v) is 6.60. The number of allylic oxidation sites excluding steroid dienone is 4. The molecule has 2 heteroatoms. The number of nitrogens with zero attached hydrogens (tertiary/aromatic N) is 1.